The van der Waals surface area contributed by atoms with Gasteiger partial charge in [-0.1, -0.05) is 0 Å². The minimum absolute atomic E-state index is 0.256. The molecule has 1 unspecified atom stereocenters. The molecule has 0 aromatic carbocycles. The van der Waals surface area contributed by atoms with E-state index in [2.05, 4.69) is 15.3 Å². The van der Waals surface area contributed by atoms with E-state index in [9.17, 15) is 0 Å². The van der Waals surface area contributed by atoms with Gasteiger partial charge in [0.15, 0.2) is 0 Å². The third-order valence-corrected chi connectivity index (χ3v) is 2.63. The summed E-state index contributed by atoms with van der Waals surface area (Å²) in [4.78, 5) is 7.90. The molecule has 1 aromatic heterocycles. The van der Waals surface area contributed by atoms with Crippen LogP contribution in [0.4, 0.5) is 0 Å². The van der Waals surface area contributed by atoms with Crippen LogP contribution in [0.2, 0.25) is 0 Å². The molecule has 0 saturated carbocycles. The number of nitrogens with zero attached hydrogens (tertiary/aromatic N) is 3. The molecule has 1 saturated heterocycles. The van der Waals surface area contributed by atoms with E-state index < -0.39 is 0 Å². The first-order valence-electron chi connectivity index (χ1n) is 5.45. The summed E-state index contributed by atoms with van der Waals surface area (Å²) < 4.78 is 5.53. The fourth-order valence-corrected chi connectivity index (χ4v) is 1.77. The Morgan fingerprint density at radius 3 is 3.12 bits per heavy atom. The minimum atomic E-state index is 0.256. The van der Waals surface area contributed by atoms with Crippen LogP contribution in [0.5, 0.6) is 5.88 Å². The van der Waals surface area contributed by atoms with Crippen LogP contribution in [0, 0.1) is 17.2 Å². The summed E-state index contributed by atoms with van der Waals surface area (Å²) in [6.45, 7) is 2.66. The maximum atomic E-state index is 8.81. The van der Waals surface area contributed by atoms with Gasteiger partial charge in [-0.3, -0.25) is 0 Å². The monoisotopic (exact) mass is 218 g/mol. The van der Waals surface area contributed by atoms with Gasteiger partial charge >= 0.3 is 0 Å². The van der Waals surface area contributed by atoms with Crippen molar-refractivity contribution >= 4 is 0 Å². The van der Waals surface area contributed by atoms with Gasteiger partial charge in [-0.05, 0) is 19.4 Å². The van der Waals surface area contributed by atoms with Crippen molar-refractivity contribution in [1.29, 1.82) is 5.26 Å². The van der Waals surface area contributed by atoms with Crippen LogP contribution >= 0.6 is 0 Å². The second kappa shape index (κ2) is 5.42. The molecule has 1 aliphatic heterocycles. The van der Waals surface area contributed by atoms with E-state index in [1.165, 1.54) is 18.8 Å². The molecule has 1 aromatic rings. The van der Waals surface area contributed by atoms with Crippen molar-refractivity contribution in [3.05, 3.63) is 18.1 Å². The molecule has 2 rings (SSSR count). The normalized spacial score (nSPS) is 20.1. The lowest BCUT2D eigenvalue weighted by atomic mass is 10.0. The molecule has 1 atom stereocenters. The predicted octanol–water partition coefficient (Wildman–Crippen LogP) is 0.727. The Kier molecular flexibility index (Phi) is 3.67. The van der Waals surface area contributed by atoms with Gasteiger partial charge in [-0.15, -0.1) is 0 Å². The number of nitriles is 1. The Hall–Kier alpha value is -1.67. The smallest absolute Gasteiger partial charge is 0.251 e. The fourth-order valence-electron chi connectivity index (χ4n) is 1.77. The molecular weight excluding hydrogens is 204 g/mol. The first-order chi connectivity index (χ1) is 7.90. The molecule has 5 heteroatoms. The Balaban J connectivity index is 1.91. The second-order valence-corrected chi connectivity index (χ2v) is 3.85. The van der Waals surface area contributed by atoms with E-state index in [0.717, 1.165) is 19.5 Å². The maximum absolute atomic E-state index is 8.81. The summed E-state index contributed by atoms with van der Waals surface area (Å²) >= 11 is 0. The Morgan fingerprint density at radius 1 is 1.50 bits per heavy atom. The van der Waals surface area contributed by atoms with Crippen molar-refractivity contribution in [2.75, 3.05) is 19.7 Å². The van der Waals surface area contributed by atoms with Crippen LogP contribution in [0.25, 0.3) is 0 Å². The number of piperidine rings is 1. The molecule has 1 N–H and O–H groups in total. The van der Waals surface area contributed by atoms with Crippen molar-refractivity contribution in [2.45, 2.75) is 12.8 Å². The molecule has 1 aliphatic rings. The van der Waals surface area contributed by atoms with Crippen LogP contribution in [0.15, 0.2) is 12.4 Å². The van der Waals surface area contributed by atoms with Crippen LogP contribution in [0.3, 0.4) is 0 Å². The number of aromatic nitrogens is 2. The van der Waals surface area contributed by atoms with Gasteiger partial charge in [0.05, 0.1) is 6.61 Å². The summed E-state index contributed by atoms with van der Waals surface area (Å²) in [7, 11) is 0. The third-order valence-electron chi connectivity index (χ3n) is 2.63. The molecule has 0 bridgehead atoms. The highest BCUT2D eigenvalue weighted by molar-refractivity contribution is 5.29. The van der Waals surface area contributed by atoms with Crippen molar-refractivity contribution in [1.82, 2.24) is 15.3 Å². The molecule has 2 heterocycles. The van der Waals surface area contributed by atoms with Crippen LogP contribution in [-0.4, -0.2) is 29.7 Å². The zero-order chi connectivity index (χ0) is 11.2. The predicted molar refractivity (Wildman–Crippen MR) is 57.8 cm³/mol. The quantitative estimate of drug-likeness (QED) is 0.809. The average Bonchev–Trinajstić information content (AvgIpc) is 2.38. The van der Waals surface area contributed by atoms with Crippen molar-refractivity contribution in [2.24, 2.45) is 5.92 Å². The lowest BCUT2D eigenvalue weighted by Gasteiger charge is -2.22. The van der Waals surface area contributed by atoms with Gasteiger partial charge in [0.25, 0.3) is 5.88 Å². The SMILES string of the molecule is N#Cc1nccnc1OCC1CCCNC1. The maximum Gasteiger partial charge on any atom is 0.251 e. The summed E-state index contributed by atoms with van der Waals surface area (Å²) in [5.41, 5.74) is 0.256. The van der Waals surface area contributed by atoms with Gasteiger partial charge < -0.3 is 10.1 Å². The van der Waals surface area contributed by atoms with Gasteiger partial charge in [-0.25, -0.2) is 9.97 Å². The van der Waals surface area contributed by atoms with E-state index in [1.807, 2.05) is 6.07 Å². The molecule has 1 fully saturated rings. The average molecular weight is 218 g/mol. The topological polar surface area (TPSA) is 70.8 Å². The highest BCUT2D eigenvalue weighted by Gasteiger charge is 2.15. The van der Waals surface area contributed by atoms with Crippen LogP contribution in [0.1, 0.15) is 18.5 Å². The standard InChI is InChI=1S/C11H14N4O/c12-6-10-11(15-5-4-14-10)16-8-9-2-1-3-13-7-9/h4-5,9,13H,1-3,7-8H2. The van der Waals surface area contributed by atoms with E-state index in [4.69, 9.17) is 10.00 Å². The molecule has 5 nitrogen and oxygen atoms in total. The second-order valence-electron chi connectivity index (χ2n) is 3.85. The van der Waals surface area contributed by atoms with E-state index in [0.29, 0.717) is 18.4 Å². The molecule has 0 aliphatic carbocycles. The van der Waals surface area contributed by atoms with E-state index in [-0.39, 0.29) is 5.69 Å². The first kappa shape index (κ1) is 10.8. The first-order valence-corrected chi connectivity index (χ1v) is 5.45. The number of nitrogens with one attached hydrogen (secondary N) is 1. The van der Waals surface area contributed by atoms with Crippen molar-refractivity contribution < 1.29 is 4.74 Å². The number of rotatable bonds is 3. The molecular formula is C11H14N4O. The molecule has 0 amide bonds. The summed E-state index contributed by atoms with van der Waals surface area (Å²) in [5, 5.41) is 12.1. The lowest BCUT2D eigenvalue weighted by Crippen LogP contribution is -2.33. The van der Waals surface area contributed by atoms with Crippen molar-refractivity contribution in [3.8, 4) is 11.9 Å². The molecule has 16 heavy (non-hydrogen) atoms. The largest absolute Gasteiger partial charge is 0.475 e. The number of hydrogen-bond acceptors (Lipinski definition) is 5. The molecule has 0 spiro atoms. The molecule has 84 valence electrons. The summed E-state index contributed by atoms with van der Waals surface area (Å²) in [6.07, 6.45) is 5.37. The van der Waals surface area contributed by atoms with E-state index >= 15 is 0 Å². The number of ether oxygens (including phenoxy) is 1. The van der Waals surface area contributed by atoms with Gasteiger partial charge in [-0.2, -0.15) is 5.26 Å². The van der Waals surface area contributed by atoms with Crippen LogP contribution < -0.4 is 10.1 Å². The van der Waals surface area contributed by atoms with Gasteiger partial charge in [0.2, 0.25) is 5.69 Å². The fraction of sp³-hybridized carbons (Fsp3) is 0.545. The summed E-state index contributed by atoms with van der Waals surface area (Å²) in [6, 6.07) is 1.97. The Labute approximate surface area is 94.5 Å². The highest BCUT2D eigenvalue weighted by Crippen LogP contribution is 2.14. The lowest BCUT2D eigenvalue weighted by molar-refractivity contribution is 0.211. The molecule has 0 radical (unpaired) electrons. The zero-order valence-corrected chi connectivity index (χ0v) is 9.02. The highest BCUT2D eigenvalue weighted by atomic mass is 16.5. The third kappa shape index (κ3) is 2.67. The number of hydrogen-bond donors (Lipinski definition) is 1. The van der Waals surface area contributed by atoms with E-state index in [1.54, 1.807) is 0 Å². The Morgan fingerprint density at radius 2 is 2.38 bits per heavy atom. The van der Waals surface area contributed by atoms with Crippen molar-refractivity contribution in [3.63, 3.8) is 0 Å². The minimum Gasteiger partial charge on any atom is -0.475 e. The zero-order valence-electron chi connectivity index (χ0n) is 9.02. The summed E-state index contributed by atoms with van der Waals surface area (Å²) in [5.74, 6) is 0.845. The Bertz CT molecular complexity index is 382. The van der Waals surface area contributed by atoms with Gasteiger partial charge in [0.1, 0.15) is 6.07 Å². The van der Waals surface area contributed by atoms with Gasteiger partial charge in [0, 0.05) is 24.9 Å². The van der Waals surface area contributed by atoms with Crippen LogP contribution in [-0.2, 0) is 0 Å².